The van der Waals surface area contributed by atoms with E-state index in [1.54, 1.807) is 13.0 Å². The zero-order valence-corrected chi connectivity index (χ0v) is 15.7. The molecule has 2 aromatic rings. The number of phenols is 1. The van der Waals surface area contributed by atoms with Gasteiger partial charge in [-0.05, 0) is 74.2 Å². The van der Waals surface area contributed by atoms with Gasteiger partial charge in [-0.15, -0.1) is 12.4 Å². The van der Waals surface area contributed by atoms with Crippen LogP contribution in [0.2, 0.25) is 0 Å². The molecule has 0 saturated heterocycles. The lowest BCUT2D eigenvalue weighted by molar-refractivity contribution is -0.137. The fourth-order valence-corrected chi connectivity index (χ4v) is 2.43. The Morgan fingerprint density at radius 1 is 1.20 bits per heavy atom. The highest BCUT2D eigenvalue weighted by Gasteiger charge is 2.09. The Balaban J connectivity index is 0.00000312. The predicted octanol–water partition coefficient (Wildman–Crippen LogP) is 5.06. The van der Waals surface area contributed by atoms with Gasteiger partial charge in [0.15, 0.2) is 0 Å². The number of aromatic hydroxyl groups is 1. The summed E-state index contributed by atoms with van der Waals surface area (Å²) in [6.45, 7) is 7.90. The number of phenolic OH excluding ortho intramolecular Hbond substituents is 1. The number of nitrogens with one attached hydrogen (secondary N) is 1. The van der Waals surface area contributed by atoms with Crippen LogP contribution in [0.15, 0.2) is 36.4 Å². The van der Waals surface area contributed by atoms with Gasteiger partial charge < -0.3 is 15.2 Å². The van der Waals surface area contributed by atoms with Crippen molar-refractivity contribution >= 4 is 35.8 Å². The van der Waals surface area contributed by atoms with E-state index in [4.69, 9.17) is 4.74 Å². The van der Waals surface area contributed by atoms with Gasteiger partial charge in [0, 0.05) is 17.5 Å². The molecule has 0 atom stereocenters. The molecule has 2 aromatic carbocycles. The van der Waals surface area contributed by atoms with Crippen molar-refractivity contribution < 1.29 is 14.6 Å². The minimum absolute atomic E-state index is 0. The lowest BCUT2D eigenvalue weighted by atomic mass is 10.0. The number of carbonyl (C=O) groups is 1. The van der Waals surface area contributed by atoms with Gasteiger partial charge in [-0.25, -0.2) is 4.79 Å². The van der Waals surface area contributed by atoms with Gasteiger partial charge in [0.2, 0.25) is 0 Å². The Labute approximate surface area is 154 Å². The molecule has 5 heteroatoms. The molecule has 0 aliphatic carbocycles. The molecule has 0 saturated carbocycles. The molecule has 0 unspecified atom stereocenters. The highest BCUT2D eigenvalue weighted by molar-refractivity contribution is 5.87. The summed E-state index contributed by atoms with van der Waals surface area (Å²) in [4.78, 5) is 11.4. The van der Waals surface area contributed by atoms with Gasteiger partial charge in [0.1, 0.15) is 5.75 Å². The van der Waals surface area contributed by atoms with Gasteiger partial charge in [0.25, 0.3) is 0 Å². The third kappa shape index (κ3) is 5.26. The van der Waals surface area contributed by atoms with Crippen molar-refractivity contribution in [3.8, 4) is 5.75 Å². The van der Waals surface area contributed by atoms with Crippen LogP contribution < -0.4 is 5.32 Å². The Morgan fingerprint density at radius 3 is 2.60 bits per heavy atom. The van der Waals surface area contributed by atoms with Gasteiger partial charge in [0.05, 0.1) is 6.61 Å². The van der Waals surface area contributed by atoms with Crippen molar-refractivity contribution in [3.05, 3.63) is 58.7 Å². The molecule has 2 rings (SSSR count). The number of ether oxygens (including phenoxy) is 1. The third-order valence-electron chi connectivity index (χ3n) is 3.92. The van der Waals surface area contributed by atoms with Crippen LogP contribution in [0.1, 0.15) is 29.2 Å². The first-order valence-electron chi connectivity index (χ1n) is 7.94. The van der Waals surface area contributed by atoms with Crippen LogP contribution in [0.25, 0.3) is 6.08 Å². The van der Waals surface area contributed by atoms with E-state index in [9.17, 15) is 9.90 Å². The number of rotatable bonds is 5. The van der Waals surface area contributed by atoms with Crippen LogP contribution >= 0.6 is 12.4 Å². The van der Waals surface area contributed by atoms with E-state index in [1.807, 2.05) is 51.1 Å². The number of halogens is 1. The van der Waals surface area contributed by atoms with Crippen LogP contribution in [0, 0.1) is 20.8 Å². The molecule has 0 bridgehead atoms. The van der Waals surface area contributed by atoms with Gasteiger partial charge in [-0.3, -0.25) is 0 Å². The smallest absolute Gasteiger partial charge is 0.330 e. The van der Waals surface area contributed by atoms with Crippen LogP contribution in [0.4, 0.5) is 11.4 Å². The van der Waals surface area contributed by atoms with Gasteiger partial charge in [-0.1, -0.05) is 12.1 Å². The number of esters is 1. The summed E-state index contributed by atoms with van der Waals surface area (Å²) in [6.07, 6.45) is 3.14. The van der Waals surface area contributed by atoms with E-state index < -0.39 is 0 Å². The summed E-state index contributed by atoms with van der Waals surface area (Å²) < 4.78 is 4.88. The molecule has 0 heterocycles. The van der Waals surface area contributed by atoms with Crippen LogP contribution in [-0.2, 0) is 9.53 Å². The maximum absolute atomic E-state index is 11.4. The number of benzene rings is 2. The molecule has 25 heavy (non-hydrogen) atoms. The molecule has 2 N–H and O–H groups in total. The first-order valence-corrected chi connectivity index (χ1v) is 7.94. The molecule has 0 amide bonds. The molecule has 134 valence electrons. The summed E-state index contributed by atoms with van der Waals surface area (Å²) in [5, 5.41) is 13.4. The average Bonchev–Trinajstić information content (AvgIpc) is 2.56. The maximum Gasteiger partial charge on any atom is 0.330 e. The van der Waals surface area contributed by atoms with E-state index >= 15 is 0 Å². The summed E-state index contributed by atoms with van der Waals surface area (Å²) in [7, 11) is 0. The molecule has 0 aliphatic heterocycles. The number of aryl methyl sites for hydroxylation is 1. The summed E-state index contributed by atoms with van der Waals surface area (Å²) in [5.41, 5.74) is 5.47. The van der Waals surface area contributed by atoms with Crippen molar-refractivity contribution in [1.82, 2.24) is 0 Å². The minimum atomic E-state index is -0.350. The zero-order chi connectivity index (χ0) is 17.7. The third-order valence-corrected chi connectivity index (χ3v) is 3.92. The van der Waals surface area contributed by atoms with Crippen LogP contribution in [0.5, 0.6) is 5.75 Å². The SMILES string of the molecule is CCOC(=O)/C=C/c1cccc(Nc2cc(C)c(O)c(C)c2C)c1.Cl. The normalized spacial score (nSPS) is 10.4. The van der Waals surface area contributed by atoms with E-state index in [1.165, 1.54) is 6.08 Å². The standard InChI is InChI=1S/C20H23NO3.ClH/c1-5-24-19(22)10-9-16-7-6-8-17(12-16)21-18-11-13(2)20(23)15(4)14(18)3;/h6-12,21,23H,5H2,1-4H3;1H/b10-9+;. The van der Waals surface area contributed by atoms with Crippen LogP contribution in [-0.4, -0.2) is 17.7 Å². The fourth-order valence-electron chi connectivity index (χ4n) is 2.43. The zero-order valence-electron chi connectivity index (χ0n) is 14.9. The van der Waals surface area contributed by atoms with Crippen molar-refractivity contribution in [3.63, 3.8) is 0 Å². The van der Waals surface area contributed by atoms with Crippen LogP contribution in [0.3, 0.4) is 0 Å². The second-order valence-corrected chi connectivity index (χ2v) is 5.68. The number of carbonyl (C=O) groups excluding carboxylic acids is 1. The van der Waals surface area contributed by atoms with Crippen molar-refractivity contribution in [2.24, 2.45) is 0 Å². The lowest BCUT2D eigenvalue weighted by Crippen LogP contribution is -1.99. The molecular formula is C20H24ClNO3. The summed E-state index contributed by atoms with van der Waals surface area (Å²) in [5.74, 6) is -0.0133. The van der Waals surface area contributed by atoms with E-state index in [0.29, 0.717) is 12.4 Å². The number of hydrogen-bond acceptors (Lipinski definition) is 4. The van der Waals surface area contributed by atoms with Crippen molar-refractivity contribution in [1.29, 1.82) is 0 Å². The molecular weight excluding hydrogens is 338 g/mol. The second kappa shape index (κ2) is 9.14. The first kappa shape index (κ1) is 20.6. The Bertz CT molecular complexity index is 785. The summed E-state index contributed by atoms with van der Waals surface area (Å²) in [6, 6.07) is 9.67. The second-order valence-electron chi connectivity index (χ2n) is 5.68. The average molecular weight is 362 g/mol. The van der Waals surface area contributed by atoms with E-state index in [2.05, 4.69) is 5.32 Å². The van der Waals surface area contributed by atoms with E-state index in [-0.39, 0.29) is 18.4 Å². The molecule has 4 nitrogen and oxygen atoms in total. The highest BCUT2D eigenvalue weighted by atomic mass is 35.5. The fraction of sp³-hybridized carbons (Fsp3) is 0.250. The highest BCUT2D eigenvalue weighted by Crippen LogP contribution is 2.32. The quantitative estimate of drug-likeness (QED) is 0.444. The molecule has 0 aliphatic rings. The predicted molar refractivity (Wildman–Crippen MR) is 105 cm³/mol. The minimum Gasteiger partial charge on any atom is -0.507 e. The molecule has 0 spiro atoms. The van der Waals surface area contributed by atoms with E-state index in [0.717, 1.165) is 33.6 Å². The first-order chi connectivity index (χ1) is 11.4. The maximum atomic E-state index is 11.4. The Morgan fingerprint density at radius 2 is 1.92 bits per heavy atom. The largest absolute Gasteiger partial charge is 0.507 e. The molecule has 0 radical (unpaired) electrons. The monoisotopic (exact) mass is 361 g/mol. The Hall–Kier alpha value is -2.46. The van der Waals surface area contributed by atoms with Gasteiger partial charge in [-0.2, -0.15) is 0 Å². The van der Waals surface area contributed by atoms with Gasteiger partial charge >= 0.3 is 5.97 Å². The molecule has 0 aromatic heterocycles. The van der Waals surface area contributed by atoms with Crippen molar-refractivity contribution in [2.45, 2.75) is 27.7 Å². The number of anilines is 2. The lowest BCUT2D eigenvalue weighted by Gasteiger charge is -2.15. The van der Waals surface area contributed by atoms with Crippen molar-refractivity contribution in [2.75, 3.05) is 11.9 Å². The molecule has 0 fully saturated rings. The topological polar surface area (TPSA) is 58.6 Å². The number of hydrogen-bond donors (Lipinski definition) is 2. The summed E-state index contributed by atoms with van der Waals surface area (Å²) >= 11 is 0. The Kier molecular flexibility index (Phi) is 7.52.